The number of amides is 1. The summed E-state index contributed by atoms with van der Waals surface area (Å²) >= 11 is 0. The summed E-state index contributed by atoms with van der Waals surface area (Å²) in [6, 6.07) is 3.71. The molecule has 2 aliphatic heterocycles. The Morgan fingerprint density at radius 2 is 2.15 bits per heavy atom. The molecule has 0 radical (unpaired) electrons. The van der Waals surface area contributed by atoms with Gasteiger partial charge in [0.15, 0.2) is 11.5 Å². The van der Waals surface area contributed by atoms with Gasteiger partial charge >= 0.3 is 0 Å². The molecule has 0 bridgehead atoms. The van der Waals surface area contributed by atoms with Gasteiger partial charge in [-0.3, -0.25) is 4.79 Å². The number of likely N-dealkylation sites (tertiary alicyclic amines) is 1. The number of piperidine rings is 1. The Labute approximate surface area is 160 Å². The third kappa shape index (κ3) is 5.12. The highest BCUT2D eigenvalue weighted by atomic mass is 16.5. The maximum atomic E-state index is 12.8. The van der Waals surface area contributed by atoms with Gasteiger partial charge in [-0.25, -0.2) is 0 Å². The minimum Gasteiger partial charge on any atom is -0.490 e. The molecule has 0 spiro atoms. The van der Waals surface area contributed by atoms with E-state index in [1.54, 1.807) is 0 Å². The van der Waals surface area contributed by atoms with Crippen molar-refractivity contribution in [1.29, 1.82) is 0 Å². The van der Waals surface area contributed by atoms with Crippen LogP contribution in [0.25, 0.3) is 0 Å². The van der Waals surface area contributed by atoms with Crippen molar-refractivity contribution >= 4 is 5.91 Å². The number of hydrogen-bond acceptors (Lipinski definition) is 6. The molecule has 3 N–H and O–H groups in total. The zero-order chi connectivity index (χ0) is 19.2. The van der Waals surface area contributed by atoms with E-state index >= 15 is 0 Å². The average molecular weight is 378 g/mol. The number of aliphatic hydroxyl groups excluding tert-OH is 2. The quantitative estimate of drug-likeness (QED) is 0.683. The van der Waals surface area contributed by atoms with Gasteiger partial charge in [-0.15, -0.1) is 0 Å². The third-order valence-electron chi connectivity index (χ3n) is 5.20. The summed E-state index contributed by atoms with van der Waals surface area (Å²) in [5, 5.41) is 22.3. The maximum Gasteiger partial charge on any atom is 0.255 e. The fraction of sp³-hybridized carbons (Fsp3) is 0.650. The van der Waals surface area contributed by atoms with E-state index in [-0.39, 0.29) is 18.4 Å². The molecule has 2 aliphatic rings. The molecule has 1 aromatic rings. The lowest BCUT2D eigenvalue weighted by Gasteiger charge is -2.36. The molecule has 1 amide bonds. The van der Waals surface area contributed by atoms with Gasteiger partial charge in [-0.2, -0.15) is 0 Å². The molecule has 7 heteroatoms. The molecular formula is C20H30N2O5. The van der Waals surface area contributed by atoms with Crippen LogP contribution >= 0.6 is 0 Å². The molecule has 150 valence electrons. The Morgan fingerprint density at radius 3 is 2.93 bits per heavy atom. The highest BCUT2D eigenvalue weighted by Gasteiger charge is 2.28. The van der Waals surface area contributed by atoms with Crippen molar-refractivity contribution in [1.82, 2.24) is 10.2 Å². The van der Waals surface area contributed by atoms with E-state index in [0.29, 0.717) is 49.8 Å². The van der Waals surface area contributed by atoms with E-state index in [0.717, 1.165) is 31.5 Å². The highest BCUT2D eigenvalue weighted by molar-refractivity contribution is 5.98. The molecule has 3 rings (SSSR count). The summed E-state index contributed by atoms with van der Waals surface area (Å²) < 4.78 is 11.5. The third-order valence-corrected chi connectivity index (χ3v) is 5.20. The van der Waals surface area contributed by atoms with Gasteiger partial charge in [-0.05, 0) is 44.0 Å². The number of benzene rings is 1. The summed E-state index contributed by atoms with van der Waals surface area (Å²) in [6.07, 6.45) is 1.84. The number of rotatable bonds is 6. The predicted molar refractivity (Wildman–Crippen MR) is 101 cm³/mol. The second-order valence-electron chi connectivity index (χ2n) is 7.39. The van der Waals surface area contributed by atoms with Crippen LogP contribution in [0.15, 0.2) is 12.1 Å². The molecule has 2 heterocycles. The Morgan fingerprint density at radius 1 is 1.33 bits per heavy atom. The van der Waals surface area contributed by atoms with Crippen LogP contribution in [0.1, 0.15) is 35.2 Å². The molecule has 0 aliphatic carbocycles. The lowest BCUT2D eigenvalue weighted by atomic mass is 9.93. The second kappa shape index (κ2) is 9.39. The second-order valence-corrected chi connectivity index (χ2v) is 7.39. The summed E-state index contributed by atoms with van der Waals surface area (Å²) in [5.41, 5.74) is 1.43. The van der Waals surface area contributed by atoms with Crippen LogP contribution in [0.5, 0.6) is 11.5 Å². The lowest BCUT2D eigenvalue weighted by Crippen LogP contribution is -2.48. The minimum atomic E-state index is -0.480. The van der Waals surface area contributed by atoms with E-state index in [1.165, 1.54) is 0 Å². The van der Waals surface area contributed by atoms with E-state index in [4.69, 9.17) is 14.6 Å². The van der Waals surface area contributed by atoms with Crippen LogP contribution in [-0.2, 0) is 0 Å². The number of hydrogen-bond donors (Lipinski definition) is 3. The number of nitrogens with zero attached hydrogens (tertiary/aromatic N) is 1. The highest BCUT2D eigenvalue weighted by Crippen LogP contribution is 2.34. The van der Waals surface area contributed by atoms with Crippen LogP contribution < -0.4 is 14.8 Å². The topological polar surface area (TPSA) is 91.3 Å². The number of aryl methyl sites for hydroxylation is 1. The summed E-state index contributed by atoms with van der Waals surface area (Å²) in [5.74, 6) is 0.958. The molecule has 1 aromatic carbocycles. The molecule has 1 saturated heterocycles. The van der Waals surface area contributed by atoms with Gasteiger partial charge in [0.2, 0.25) is 0 Å². The number of carbonyl (C=O) groups is 1. The van der Waals surface area contributed by atoms with Crippen LogP contribution in [0.4, 0.5) is 0 Å². The Balaban J connectivity index is 1.59. The monoisotopic (exact) mass is 378 g/mol. The molecule has 2 atom stereocenters. The Kier molecular flexibility index (Phi) is 6.93. The SMILES string of the molecule is Cc1cc2c(c(C(=O)NCC3CCN(CCCO)CC3O)c1)OCCCO2. The molecule has 0 aromatic heterocycles. The predicted octanol–water partition coefficient (Wildman–Crippen LogP) is 0.951. The molecule has 27 heavy (non-hydrogen) atoms. The van der Waals surface area contributed by atoms with Crippen LogP contribution in [0.3, 0.4) is 0 Å². The van der Waals surface area contributed by atoms with Gasteiger partial charge < -0.3 is 29.9 Å². The zero-order valence-electron chi connectivity index (χ0n) is 15.9. The fourth-order valence-electron chi connectivity index (χ4n) is 3.68. The standard InChI is InChI=1S/C20H30N2O5/c1-14-10-16(19-18(11-14)26-8-3-9-27-19)20(25)21-12-15-4-6-22(5-2-7-23)13-17(15)24/h10-11,15,17,23-24H,2-9,12-13H2,1H3,(H,21,25). The average Bonchev–Trinajstić information content (AvgIpc) is 2.90. The number of aliphatic hydroxyl groups is 2. The van der Waals surface area contributed by atoms with Crippen molar-refractivity contribution in [3.63, 3.8) is 0 Å². The van der Waals surface area contributed by atoms with Gasteiger partial charge in [0, 0.05) is 38.6 Å². The maximum absolute atomic E-state index is 12.8. The molecule has 1 fully saturated rings. The number of carbonyl (C=O) groups excluding carboxylic acids is 1. The largest absolute Gasteiger partial charge is 0.490 e. The normalized spacial score (nSPS) is 22.9. The van der Waals surface area contributed by atoms with E-state index in [9.17, 15) is 9.90 Å². The first-order valence-corrected chi connectivity index (χ1v) is 9.78. The summed E-state index contributed by atoms with van der Waals surface area (Å²) in [4.78, 5) is 14.9. The fourth-order valence-corrected chi connectivity index (χ4v) is 3.68. The van der Waals surface area contributed by atoms with Gasteiger partial charge in [-0.1, -0.05) is 0 Å². The van der Waals surface area contributed by atoms with Gasteiger partial charge in [0.1, 0.15) is 0 Å². The molecule has 0 saturated carbocycles. The van der Waals surface area contributed by atoms with Crippen LogP contribution in [0.2, 0.25) is 0 Å². The molecule has 7 nitrogen and oxygen atoms in total. The van der Waals surface area contributed by atoms with Crippen molar-refractivity contribution in [2.45, 2.75) is 32.3 Å². The van der Waals surface area contributed by atoms with Crippen molar-refractivity contribution in [3.05, 3.63) is 23.3 Å². The first-order chi connectivity index (χ1) is 13.1. The Bertz CT molecular complexity index is 652. The number of β-amino-alcohol motifs (C(OH)–C–C–N with tert-alkyl or cyclic N) is 1. The number of nitrogens with one attached hydrogen (secondary N) is 1. The van der Waals surface area contributed by atoms with Crippen LogP contribution in [0, 0.1) is 12.8 Å². The first-order valence-electron chi connectivity index (χ1n) is 9.78. The molecular weight excluding hydrogens is 348 g/mol. The van der Waals surface area contributed by atoms with Crippen LogP contribution in [-0.4, -0.2) is 73.1 Å². The number of fused-ring (bicyclic) bond motifs is 1. The van der Waals surface area contributed by atoms with Gasteiger partial charge in [0.25, 0.3) is 5.91 Å². The molecule has 2 unspecified atom stereocenters. The van der Waals surface area contributed by atoms with Gasteiger partial charge in [0.05, 0.1) is 24.9 Å². The van der Waals surface area contributed by atoms with E-state index in [2.05, 4.69) is 10.2 Å². The minimum absolute atomic E-state index is 0.0277. The van der Waals surface area contributed by atoms with E-state index < -0.39 is 6.10 Å². The number of ether oxygens (including phenoxy) is 2. The van der Waals surface area contributed by atoms with Crippen molar-refractivity contribution < 1.29 is 24.5 Å². The smallest absolute Gasteiger partial charge is 0.255 e. The summed E-state index contributed by atoms with van der Waals surface area (Å²) in [6.45, 7) is 5.87. The first kappa shape index (κ1) is 19.9. The zero-order valence-corrected chi connectivity index (χ0v) is 15.9. The van der Waals surface area contributed by atoms with E-state index in [1.807, 2.05) is 19.1 Å². The van der Waals surface area contributed by atoms with Crippen molar-refractivity contribution in [2.24, 2.45) is 5.92 Å². The van der Waals surface area contributed by atoms with Crippen molar-refractivity contribution in [3.8, 4) is 11.5 Å². The Hall–Kier alpha value is -1.83. The lowest BCUT2D eigenvalue weighted by molar-refractivity contribution is 0.0201. The summed E-state index contributed by atoms with van der Waals surface area (Å²) in [7, 11) is 0. The van der Waals surface area contributed by atoms with Crippen molar-refractivity contribution in [2.75, 3.05) is 46.0 Å².